The van der Waals surface area contributed by atoms with Crippen LogP contribution >= 0.6 is 0 Å². The van der Waals surface area contributed by atoms with Gasteiger partial charge in [0.15, 0.2) is 12.1 Å². The lowest BCUT2D eigenvalue weighted by Gasteiger charge is -2.00. The molecule has 0 saturated heterocycles. The third-order valence-corrected chi connectivity index (χ3v) is 0.748. The van der Waals surface area contributed by atoms with E-state index in [0.717, 1.165) is 0 Å². The summed E-state index contributed by atoms with van der Waals surface area (Å²) in [7, 11) is 0. The summed E-state index contributed by atoms with van der Waals surface area (Å²) in [6.45, 7) is 1.19. The van der Waals surface area contributed by atoms with Gasteiger partial charge in [0.2, 0.25) is 5.71 Å². The molecule has 1 unspecified atom stereocenters. The summed E-state index contributed by atoms with van der Waals surface area (Å²) in [6, 6.07) is 1.53. The predicted octanol–water partition coefficient (Wildman–Crippen LogP) is -1.72. The second-order valence-electron chi connectivity index (χ2n) is 1.70. The summed E-state index contributed by atoms with van der Waals surface area (Å²) in [6.07, 6.45) is -1.36. The van der Waals surface area contributed by atoms with E-state index in [9.17, 15) is 4.79 Å². The highest BCUT2D eigenvalue weighted by atomic mass is 16.3. The van der Waals surface area contributed by atoms with Crippen molar-refractivity contribution in [2.45, 2.75) is 13.3 Å². The van der Waals surface area contributed by atoms with Crippen molar-refractivity contribution in [2.75, 3.05) is 0 Å². The van der Waals surface area contributed by atoms with E-state index >= 15 is 0 Å². The van der Waals surface area contributed by atoms with Crippen molar-refractivity contribution < 1.29 is 9.90 Å². The summed E-state index contributed by atoms with van der Waals surface area (Å²) >= 11 is 0. The molecule has 0 radical (unpaired) electrons. The number of hydrazone groups is 1. The number of hydrogen-bond acceptors (Lipinski definition) is 6. The van der Waals surface area contributed by atoms with E-state index in [4.69, 9.17) is 16.1 Å². The minimum atomic E-state index is -1.36. The van der Waals surface area contributed by atoms with Gasteiger partial charge in [-0.25, -0.2) is 0 Å². The van der Waals surface area contributed by atoms with Crippen molar-refractivity contribution in [3.8, 4) is 6.07 Å². The van der Waals surface area contributed by atoms with Gasteiger partial charge in [0.1, 0.15) is 6.07 Å². The van der Waals surface area contributed by atoms with Gasteiger partial charge in [-0.15, -0.1) is 0 Å². The number of Topliss-reactive ketones (excluding diaryl/α,β-unsaturated/α-hetero) is 1. The number of carbonyl (C=O) groups excluding carboxylic acids is 1. The van der Waals surface area contributed by atoms with E-state index < -0.39 is 12.1 Å². The molecule has 0 aliphatic carbocycles. The van der Waals surface area contributed by atoms with Crippen LogP contribution < -0.4 is 11.2 Å². The zero-order valence-corrected chi connectivity index (χ0v) is 5.90. The number of rotatable bonds is 3. The van der Waals surface area contributed by atoms with Crippen LogP contribution in [-0.4, -0.2) is 23.0 Å². The first-order chi connectivity index (χ1) is 5.07. The molecule has 0 aliphatic heterocycles. The maximum Gasteiger partial charge on any atom is 0.202 e. The van der Waals surface area contributed by atoms with Gasteiger partial charge in [0.25, 0.3) is 0 Å². The highest BCUT2D eigenvalue weighted by molar-refractivity contribution is 6.45. The van der Waals surface area contributed by atoms with Crippen LogP contribution in [0, 0.1) is 11.3 Å². The summed E-state index contributed by atoms with van der Waals surface area (Å²) in [5.41, 5.74) is 6.44. The third-order valence-electron chi connectivity index (χ3n) is 0.748. The number of aliphatic hydroxyl groups excluding tert-OH is 1. The second-order valence-corrected chi connectivity index (χ2v) is 1.70. The number of carbonyl (C=O) groups is 1. The van der Waals surface area contributed by atoms with E-state index in [2.05, 4.69) is 5.10 Å². The van der Waals surface area contributed by atoms with Gasteiger partial charge in [0, 0.05) is 6.92 Å². The Hall–Kier alpha value is -1.45. The van der Waals surface area contributed by atoms with Crippen molar-refractivity contribution >= 4 is 11.5 Å². The monoisotopic (exact) mass is 156 g/mol. The lowest BCUT2D eigenvalue weighted by Crippen LogP contribution is -2.34. The van der Waals surface area contributed by atoms with Crippen LogP contribution in [0.25, 0.3) is 0 Å². The summed E-state index contributed by atoms with van der Waals surface area (Å²) in [4.78, 5) is 10.5. The molecular weight excluding hydrogens is 148 g/mol. The van der Waals surface area contributed by atoms with Crippen LogP contribution in [0.1, 0.15) is 6.92 Å². The van der Waals surface area contributed by atoms with E-state index in [-0.39, 0.29) is 5.71 Å². The molecule has 1 atom stereocenters. The molecule has 0 fully saturated rings. The predicted molar refractivity (Wildman–Crippen MR) is 37.1 cm³/mol. The maximum atomic E-state index is 10.5. The summed E-state index contributed by atoms with van der Waals surface area (Å²) in [5.74, 6) is -0.486. The zero-order chi connectivity index (χ0) is 8.85. The molecule has 0 aromatic rings. The topological polar surface area (TPSA) is 112 Å². The first-order valence-corrected chi connectivity index (χ1v) is 2.76. The molecule has 4 N–H and O–H groups in total. The molecule has 0 saturated carbocycles. The molecule has 6 nitrogen and oxygen atoms in total. The number of hydrogen-bond donors (Lipinski definition) is 3. The summed E-state index contributed by atoms with van der Waals surface area (Å²) in [5, 5.41) is 19.9. The Morgan fingerprint density at radius 1 is 1.91 bits per heavy atom. The van der Waals surface area contributed by atoms with Crippen LogP contribution in [0.2, 0.25) is 0 Å². The Bertz CT molecular complexity index is 215. The SMILES string of the molecule is CC(=O)/C(C#N)=N\NC(N)O. The van der Waals surface area contributed by atoms with Crippen LogP contribution in [-0.2, 0) is 4.79 Å². The molecule has 0 aliphatic rings. The molecule has 0 heterocycles. The van der Waals surface area contributed by atoms with Crippen molar-refractivity contribution in [3.05, 3.63) is 0 Å². The van der Waals surface area contributed by atoms with Crippen molar-refractivity contribution in [1.29, 1.82) is 5.26 Å². The molecule has 6 heteroatoms. The number of ketones is 1. The average molecular weight is 156 g/mol. The van der Waals surface area contributed by atoms with Crippen LogP contribution in [0.5, 0.6) is 0 Å². The minimum Gasteiger partial charge on any atom is -0.360 e. The highest BCUT2D eigenvalue weighted by Crippen LogP contribution is 1.76. The molecule has 60 valence electrons. The number of nitrogens with zero attached hydrogens (tertiary/aromatic N) is 2. The quantitative estimate of drug-likeness (QED) is 0.255. The Morgan fingerprint density at radius 3 is 2.73 bits per heavy atom. The lowest BCUT2D eigenvalue weighted by atomic mass is 10.3. The third kappa shape index (κ3) is 4.02. The fourth-order valence-electron chi connectivity index (χ4n) is 0.313. The van der Waals surface area contributed by atoms with Gasteiger partial charge < -0.3 is 5.11 Å². The molecule has 0 aromatic carbocycles. The lowest BCUT2D eigenvalue weighted by molar-refractivity contribution is -0.111. The van der Waals surface area contributed by atoms with Gasteiger partial charge in [-0.1, -0.05) is 0 Å². The minimum absolute atomic E-state index is 0.325. The molecular formula is C5H8N4O2. The van der Waals surface area contributed by atoms with E-state index in [0.29, 0.717) is 0 Å². The average Bonchev–Trinajstić information content (AvgIpc) is 1.87. The van der Waals surface area contributed by atoms with Gasteiger partial charge in [-0.05, 0) is 0 Å². The van der Waals surface area contributed by atoms with Gasteiger partial charge in [0.05, 0.1) is 0 Å². The highest BCUT2D eigenvalue weighted by Gasteiger charge is 2.03. The van der Waals surface area contributed by atoms with Gasteiger partial charge in [-0.3, -0.25) is 16.0 Å². The second kappa shape index (κ2) is 4.38. The van der Waals surface area contributed by atoms with Crippen LogP contribution in [0.3, 0.4) is 0 Å². The molecule has 0 aromatic heterocycles. The van der Waals surface area contributed by atoms with E-state index in [1.165, 1.54) is 13.0 Å². The Morgan fingerprint density at radius 2 is 2.45 bits per heavy atom. The summed E-state index contributed by atoms with van der Waals surface area (Å²) < 4.78 is 0. The van der Waals surface area contributed by atoms with E-state index in [1.54, 1.807) is 0 Å². The normalized spacial score (nSPS) is 13.5. The fourth-order valence-corrected chi connectivity index (χ4v) is 0.313. The molecule has 0 rings (SSSR count). The van der Waals surface area contributed by atoms with Crippen molar-refractivity contribution in [3.63, 3.8) is 0 Å². The maximum absolute atomic E-state index is 10.5. The fraction of sp³-hybridized carbons (Fsp3) is 0.400. The molecule has 11 heavy (non-hydrogen) atoms. The number of aliphatic hydroxyl groups is 1. The van der Waals surface area contributed by atoms with E-state index in [1.807, 2.05) is 5.43 Å². The number of nitriles is 1. The number of nitrogens with one attached hydrogen (secondary N) is 1. The Labute approximate surface area is 63.3 Å². The smallest absolute Gasteiger partial charge is 0.202 e. The Balaban J connectivity index is 4.17. The zero-order valence-electron chi connectivity index (χ0n) is 5.90. The Kier molecular flexibility index (Phi) is 3.80. The molecule has 0 bridgehead atoms. The van der Waals surface area contributed by atoms with Gasteiger partial charge >= 0.3 is 0 Å². The molecule has 0 spiro atoms. The standard InChI is InChI=1S/C5H8N4O2/c1-3(10)4(2-6)8-9-5(7)11/h5,9,11H,7H2,1H3/b8-4-. The number of nitrogens with two attached hydrogens (primary N) is 1. The molecule has 0 amide bonds. The van der Waals surface area contributed by atoms with Crippen LogP contribution in [0.15, 0.2) is 5.10 Å². The first kappa shape index (κ1) is 9.55. The largest absolute Gasteiger partial charge is 0.360 e. The van der Waals surface area contributed by atoms with Gasteiger partial charge in [-0.2, -0.15) is 10.4 Å². The first-order valence-electron chi connectivity index (χ1n) is 2.76. The van der Waals surface area contributed by atoms with Crippen molar-refractivity contribution in [2.24, 2.45) is 10.8 Å². The van der Waals surface area contributed by atoms with Crippen molar-refractivity contribution in [1.82, 2.24) is 5.43 Å². The van der Waals surface area contributed by atoms with Crippen LogP contribution in [0.4, 0.5) is 0 Å².